The first-order valence-corrected chi connectivity index (χ1v) is 11.0. The van der Waals surface area contributed by atoms with E-state index in [0.29, 0.717) is 0 Å². The lowest BCUT2D eigenvalue weighted by Gasteiger charge is -2.42. The zero-order chi connectivity index (χ0) is 19.1. The first-order valence-electron chi connectivity index (χ1n) is 11.0. The molecule has 0 saturated carbocycles. The Balaban J connectivity index is 1.60. The van der Waals surface area contributed by atoms with Gasteiger partial charge in [0.15, 0.2) is 0 Å². The number of quaternary nitrogens is 2. The van der Waals surface area contributed by atoms with Crippen molar-refractivity contribution in [2.75, 3.05) is 65.4 Å². The number of nitrogens with zero attached hydrogens (tertiary/aromatic N) is 2. The molecule has 2 N–H and O–H groups in total. The lowest BCUT2D eigenvalue weighted by Crippen LogP contribution is -2.58. The fourth-order valence-electron chi connectivity index (χ4n) is 5.03. The van der Waals surface area contributed by atoms with Gasteiger partial charge in [0.2, 0.25) is 0 Å². The summed E-state index contributed by atoms with van der Waals surface area (Å²) in [6.45, 7) is 14.2. The van der Waals surface area contributed by atoms with Crippen molar-refractivity contribution < 1.29 is 8.97 Å². The van der Waals surface area contributed by atoms with Crippen LogP contribution in [-0.4, -0.2) is 74.4 Å². The Labute approximate surface area is 170 Å². The molecule has 0 aromatic heterocycles. The van der Waals surface area contributed by atoms with Gasteiger partial charge < -0.3 is 19.6 Å². The molecule has 2 heterocycles. The molecule has 0 atom stereocenters. The molecule has 2 aromatic rings. The maximum atomic E-state index is 3.77. The smallest absolute Gasteiger partial charge is 0.129 e. The summed E-state index contributed by atoms with van der Waals surface area (Å²) in [5, 5.41) is 7.55. The largest absolute Gasteiger partial charge is 0.313 e. The molecule has 2 saturated heterocycles. The van der Waals surface area contributed by atoms with E-state index < -0.39 is 0 Å². The van der Waals surface area contributed by atoms with Crippen molar-refractivity contribution in [3.63, 3.8) is 0 Å². The standard InChI is InChI=1S/C24H36N4/c1-3-7-23(8-4-1)21-27-15-11-25-13-17-28(20-19-27,18-14-26-12-16-27)22-24-9-5-2-6-10-24/h1-10,25-26H,11-22H2/q+2. The monoisotopic (exact) mass is 380 g/mol. The number of hydrogen-bond donors (Lipinski definition) is 2. The van der Waals surface area contributed by atoms with Crippen LogP contribution in [0, 0.1) is 0 Å². The van der Waals surface area contributed by atoms with Crippen molar-refractivity contribution in [2.45, 2.75) is 13.1 Å². The van der Waals surface area contributed by atoms with Crippen LogP contribution in [0.3, 0.4) is 0 Å². The first-order chi connectivity index (χ1) is 13.8. The van der Waals surface area contributed by atoms with Gasteiger partial charge in [0.1, 0.15) is 26.2 Å². The Morgan fingerprint density at radius 1 is 0.500 bits per heavy atom. The fraction of sp³-hybridized carbons (Fsp3) is 0.500. The highest BCUT2D eigenvalue weighted by molar-refractivity contribution is 5.14. The van der Waals surface area contributed by atoms with E-state index in [1.165, 1.54) is 59.4 Å². The number of benzene rings is 2. The van der Waals surface area contributed by atoms with Crippen molar-refractivity contribution in [3.8, 4) is 0 Å². The van der Waals surface area contributed by atoms with Crippen molar-refractivity contribution in [3.05, 3.63) is 71.8 Å². The first kappa shape index (κ1) is 19.6. The van der Waals surface area contributed by atoms with Gasteiger partial charge in [-0.05, 0) is 0 Å². The highest BCUT2D eigenvalue weighted by atomic mass is 15.4. The van der Waals surface area contributed by atoms with Gasteiger partial charge in [-0.15, -0.1) is 0 Å². The second-order valence-corrected chi connectivity index (χ2v) is 8.81. The molecular formula is C24H36N4+2. The minimum atomic E-state index is 1.12. The van der Waals surface area contributed by atoms with Gasteiger partial charge in [-0.2, -0.15) is 0 Å². The second kappa shape index (κ2) is 9.19. The van der Waals surface area contributed by atoms with E-state index >= 15 is 0 Å². The summed E-state index contributed by atoms with van der Waals surface area (Å²) in [5.41, 5.74) is 2.95. The van der Waals surface area contributed by atoms with Crippen LogP contribution in [0.1, 0.15) is 11.1 Å². The predicted molar refractivity (Wildman–Crippen MR) is 116 cm³/mol. The molecule has 2 fully saturated rings. The molecule has 4 nitrogen and oxygen atoms in total. The van der Waals surface area contributed by atoms with Crippen LogP contribution < -0.4 is 10.6 Å². The summed E-state index contributed by atoms with van der Waals surface area (Å²) in [6.07, 6.45) is 0. The van der Waals surface area contributed by atoms with Crippen molar-refractivity contribution in [1.29, 1.82) is 0 Å². The summed E-state index contributed by atoms with van der Waals surface area (Å²) in [5.74, 6) is 0. The minimum absolute atomic E-state index is 1.12. The maximum Gasteiger partial charge on any atom is 0.129 e. The molecule has 4 rings (SSSR count). The Hall–Kier alpha value is -1.72. The van der Waals surface area contributed by atoms with Crippen molar-refractivity contribution in [2.24, 2.45) is 0 Å². The Bertz CT molecular complexity index is 640. The second-order valence-electron chi connectivity index (χ2n) is 8.81. The Morgan fingerprint density at radius 3 is 1.21 bits per heavy atom. The quantitative estimate of drug-likeness (QED) is 0.795. The third-order valence-corrected chi connectivity index (χ3v) is 6.82. The van der Waals surface area contributed by atoms with E-state index in [-0.39, 0.29) is 0 Å². The third kappa shape index (κ3) is 5.00. The van der Waals surface area contributed by atoms with Gasteiger partial charge in [0, 0.05) is 37.3 Å². The maximum absolute atomic E-state index is 3.77. The van der Waals surface area contributed by atoms with Gasteiger partial charge in [-0.25, -0.2) is 0 Å². The van der Waals surface area contributed by atoms with Gasteiger partial charge >= 0.3 is 0 Å². The van der Waals surface area contributed by atoms with Gasteiger partial charge in [-0.1, -0.05) is 60.7 Å². The number of hydrogen-bond acceptors (Lipinski definition) is 2. The summed E-state index contributed by atoms with van der Waals surface area (Å²) >= 11 is 0. The van der Waals surface area contributed by atoms with Gasteiger partial charge in [-0.3, -0.25) is 0 Å². The molecule has 150 valence electrons. The number of nitrogens with one attached hydrogen (secondary N) is 2. The lowest BCUT2D eigenvalue weighted by atomic mass is 10.1. The molecule has 0 spiro atoms. The van der Waals surface area contributed by atoms with Crippen molar-refractivity contribution in [1.82, 2.24) is 10.6 Å². The molecule has 4 heteroatoms. The van der Waals surface area contributed by atoms with Crippen LogP contribution in [-0.2, 0) is 13.1 Å². The minimum Gasteiger partial charge on any atom is -0.313 e. The van der Waals surface area contributed by atoms with E-state index in [1.807, 2.05) is 0 Å². The molecule has 28 heavy (non-hydrogen) atoms. The highest BCUT2D eigenvalue weighted by Crippen LogP contribution is 2.21. The number of fused-ring (bicyclic) bond motifs is 3. The average Bonchev–Trinajstić information content (AvgIpc) is 2.85. The Kier molecular flexibility index (Phi) is 6.43. The van der Waals surface area contributed by atoms with E-state index in [1.54, 1.807) is 0 Å². The van der Waals surface area contributed by atoms with Gasteiger partial charge in [0.05, 0.1) is 26.2 Å². The zero-order valence-electron chi connectivity index (χ0n) is 17.2. The van der Waals surface area contributed by atoms with E-state index in [9.17, 15) is 0 Å². The van der Waals surface area contributed by atoms with Crippen LogP contribution in [0.25, 0.3) is 0 Å². The molecule has 0 radical (unpaired) electrons. The summed E-state index contributed by atoms with van der Waals surface area (Å²) in [4.78, 5) is 0. The van der Waals surface area contributed by atoms with Crippen LogP contribution in [0.2, 0.25) is 0 Å². The molecule has 2 bridgehead atoms. The van der Waals surface area contributed by atoms with E-state index in [0.717, 1.165) is 39.3 Å². The molecule has 2 aliphatic heterocycles. The third-order valence-electron chi connectivity index (χ3n) is 6.82. The summed E-state index contributed by atoms with van der Waals surface area (Å²) in [7, 11) is 0. The normalized spacial score (nSPS) is 29.0. The summed E-state index contributed by atoms with van der Waals surface area (Å²) < 4.78 is 2.39. The van der Waals surface area contributed by atoms with Crippen LogP contribution in [0.5, 0.6) is 0 Å². The van der Waals surface area contributed by atoms with E-state index in [2.05, 4.69) is 71.3 Å². The van der Waals surface area contributed by atoms with Crippen LogP contribution in [0.15, 0.2) is 60.7 Å². The molecule has 2 aromatic carbocycles. The van der Waals surface area contributed by atoms with Crippen molar-refractivity contribution >= 4 is 0 Å². The fourth-order valence-corrected chi connectivity index (χ4v) is 5.03. The molecular weight excluding hydrogens is 344 g/mol. The zero-order valence-corrected chi connectivity index (χ0v) is 17.2. The van der Waals surface area contributed by atoms with Crippen LogP contribution >= 0.6 is 0 Å². The van der Waals surface area contributed by atoms with E-state index in [4.69, 9.17) is 0 Å². The number of rotatable bonds is 4. The molecule has 2 aliphatic rings. The lowest BCUT2D eigenvalue weighted by molar-refractivity contribution is -0.988. The molecule has 0 aliphatic carbocycles. The topological polar surface area (TPSA) is 24.1 Å². The highest BCUT2D eigenvalue weighted by Gasteiger charge is 2.36. The summed E-state index contributed by atoms with van der Waals surface area (Å²) in [6, 6.07) is 22.2. The van der Waals surface area contributed by atoms with Gasteiger partial charge in [0.25, 0.3) is 0 Å². The molecule has 0 unspecified atom stereocenters. The van der Waals surface area contributed by atoms with Crippen LogP contribution in [0.4, 0.5) is 0 Å². The molecule has 0 amide bonds. The SMILES string of the molecule is c1ccc(C[N+]23CCNCC[N+](Cc4ccccc4)(CCNCC2)CC3)cc1. The Morgan fingerprint density at radius 2 is 0.857 bits per heavy atom. The predicted octanol–water partition coefficient (Wildman–Crippen LogP) is 2.23. The average molecular weight is 381 g/mol.